The number of benzene rings is 1. The Balaban J connectivity index is 2.03. The Bertz CT molecular complexity index is 718. The number of hydrogen-bond donors (Lipinski definition) is 2. The highest BCUT2D eigenvalue weighted by molar-refractivity contribution is 6.31. The van der Waals surface area contributed by atoms with Crippen LogP contribution in [0.3, 0.4) is 0 Å². The van der Waals surface area contributed by atoms with Gasteiger partial charge in [-0.15, -0.1) is 0 Å². The summed E-state index contributed by atoms with van der Waals surface area (Å²) in [7, 11) is 0. The zero-order valence-corrected chi connectivity index (χ0v) is 13.1. The van der Waals surface area contributed by atoms with E-state index in [1.807, 2.05) is 0 Å². The van der Waals surface area contributed by atoms with Crippen molar-refractivity contribution in [1.82, 2.24) is 4.98 Å². The standard InChI is InChI=1S/C16H17ClF3N3/c17-9-4-5-13-12(6-9)14(8-15(23-13)16(18,19)20)22-11-3-1-2-10(21)7-11/h4-6,8,10-11H,1-3,7,21H2,(H,22,23)/t10-,11-/m1/s1. The van der Waals surface area contributed by atoms with Crippen LogP contribution >= 0.6 is 11.6 Å². The zero-order chi connectivity index (χ0) is 16.6. The lowest BCUT2D eigenvalue weighted by atomic mass is 9.91. The van der Waals surface area contributed by atoms with Crippen molar-refractivity contribution >= 4 is 28.2 Å². The van der Waals surface area contributed by atoms with Crippen molar-refractivity contribution in [3.05, 3.63) is 35.0 Å². The second-order valence-electron chi connectivity index (χ2n) is 5.98. The van der Waals surface area contributed by atoms with Gasteiger partial charge in [0.05, 0.1) is 5.52 Å². The molecule has 0 saturated heterocycles. The van der Waals surface area contributed by atoms with E-state index < -0.39 is 11.9 Å². The summed E-state index contributed by atoms with van der Waals surface area (Å²) in [5.41, 5.74) is 5.73. The Morgan fingerprint density at radius 2 is 2.00 bits per heavy atom. The van der Waals surface area contributed by atoms with E-state index >= 15 is 0 Å². The number of halogens is 4. The molecule has 1 saturated carbocycles. The third-order valence-corrected chi connectivity index (χ3v) is 4.37. The molecule has 0 radical (unpaired) electrons. The summed E-state index contributed by atoms with van der Waals surface area (Å²) < 4.78 is 39.2. The molecule has 1 aliphatic rings. The number of nitrogens with one attached hydrogen (secondary N) is 1. The van der Waals surface area contributed by atoms with E-state index in [1.165, 1.54) is 12.1 Å². The van der Waals surface area contributed by atoms with Gasteiger partial charge in [-0.3, -0.25) is 0 Å². The molecule has 0 unspecified atom stereocenters. The summed E-state index contributed by atoms with van der Waals surface area (Å²) in [6, 6.07) is 5.88. The highest BCUT2D eigenvalue weighted by Crippen LogP contribution is 2.35. The van der Waals surface area contributed by atoms with Crippen LogP contribution in [0.5, 0.6) is 0 Å². The summed E-state index contributed by atoms with van der Waals surface area (Å²) in [6.45, 7) is 0. The average Bonchev–Trinajstić information content (AvgIpc) is 2.46. The molecule has 1 heterocycles. The fourth-order valence-corrected chi connectivity index (χ4v) is 3.21. The minimum atomic E-state index is -4.49. The Hall–Kier alpha value is -1.53. The van der Waals surface area contributed by atoms with Gasteiger partial charge in [0.15, 0.2) is 0 Å². The van der Waals surface area contributed by atoms with Gasteiger partial charge in [0.2, 0.25) is 0 Å². The van der Waals surface area contributed by atoms with Crippen molar-refractivity contribution in [3.63, 3.8) is 0 Å². The Morgan fingerprint density at radius 1 is 1.22 bits per heavy atom. The van der Waals surface area contributed by atoms with E-state index in [9.17, 15) is 13.2 Å². The molecule has 3 N–H and O–H groups in total. The fraction of sp³-hybridized carbons (Fsp3) is 0.438. The van der Waals surface area contributed by atoms with Crippen molar-refractivity contribution in [1.29, 1.82) is 0 Å². The van der Waals surface area contributed by atoms with Gasteiger partial charge < -0.3 is 11.1 Å². The number of alkyl halides is 3. The third-order valence-electron chi connectivity index (χ3n) is 4.14. The zero-order valence-electron chi connectivity index (χ0n) is 12.3. The number of hydrogen-bond acceptors (Lipinski definition) is 3. The summed E-state index contributed by atoms with van der Waals surface area (Å²) >= 11 is 5.99. The lowest BCUT2D eigenvalue weighted by Gasteiger charge is -2.28. The first kappa shape index (κ1) is 16.3. The van der Waals surface area contributed by atoms with Gasteiger partial charge in [0, 0.05) is 28.2 Å². The number of rotatable bonds is 2. The van der Waals surface area contributed by atoms with Gasteiger partial charge in [-0.05, 0) is 49.9 Å². The van der Waals surface area contributed by atoms with E-state index in [2.05, 4.69) is 10.3 Å². The molecule has 0 bridgehead atoms. The average molecular weight is 344 g/mol. The van der Waals surface area contributed by atoms with Crippen LogP contribution in [0.4, 0.5) is 18.9 Å². The van der Waals surface area contributed by atoms with Crippen LogP contribution in [-0.4, -0.2) is 17.1 Å². The van der Waals surface area contributed by atoms with E-state index in [4.69, 9.17) is 17.3 Å². The minimum Gasteiger partial charge on any atom is -0.382 e. The number of anilines is 1. The molecule has 3 rings (SSSR count). The van der Waals surface area contributed by atoms with Gasteiger partial charge in [-0.1, -0.05) is 11.6 Å². The monoisotopic (exact) mass is 343 g/mol. The van der Waals surface area contributed by atoms with Gasteiger partial charge in [-0.25, -0.2) is 4.98 Å². The smallest absolute Gasteiger partial charge is 0.382 e. The van der Waals surface area contributed by atoms with Crippen molar-refractivity contribution in [3.8, 4) is 0 Å². The van der Waals surface area contributed by atoms with E-state index in [0.29, 0.717) is 16.1 Å². The molecular formula is C16H17ClF3N3. The molecule has 0 amide bonds. The molecule has 0 spiro atoms. The van der Waals surface area contributed by atoms with E-state index in [1.54, 1.807) is 6.07 Å². The maximum absolute atomic E-state index is 13.1. The van der Waals surface area contributed by atoms with Gasteiger partial charge >= 0.3 is 6.18 Å². The van der Waals surface area contributed by atoms with Crippen LogP contribution in [0, 0.1) is 0 Å². The number of nitrogens with zero attached hydrogens (tertiary/aromatic N) is 1. The molecule has 1 aromatic heterocycles. The molecule has 1 aliphatic carbocycles. The molecule has 1 aromatic carbocycles. The van der Waals surface area contributed by atoms with Crippen LogP contribution in [0.2, 0.25) is 5.02 Å². The molecule has 2 atom stereocenters. The largest absolute Gasteiger partial charge is 0.433 e. The normalized spacial score (nSPS) is 22.3. The second-order valence-corrected chi connectivity index (χ2v) is 6.42. The molecule has 3 nitrogen and oxygen atoms in total. The predicted octanol–water partition coefficient (Wildman–Crippen LogP) is 4.59. The third kappa shape index (κ3) is 3.70. The molecular weight excluding hydrogens is 327 g/mol. The Kier molecular flexibility index (Phi) is 4.38. The first-order chi connectivity index (χ1) is 10.8. The fourth-order valence-electron chi connectivity index (χ4n) is 3.04. The number of pyridine rings is 1. The first-order valence-corrected chi connectivity index (χ1v) is 7.90. The van der Waals surface area contributed by atoms with Crippen LogP contribution < -0.4 is 11.1 Å². The topological polar surface area (TPSA) is 50.9 Å². The molecule has 0 aliphatic heterocycles. The summed E-state index contributed by atoms with van der Waals surface area (Å²) in [5.74, 6) is 0. The Labute approximate surface area is 137 Å². The number of fused-ring (bicyclic) bond motifs is 1. The van der Waals surface area contributed by atoms with Crippen molar-refractivity contribution in [2.75, 3.05) is 5.32 Å². The van der Waals surface area contributed by atoms with Crippen LogP contribution in [0.15, 0.2) is 24.3 Å². The Morgan fingerprint density at radius 3 is 2.70 bits per heavy atom. The predicted molar refractivity (Wildman–Crippen MR) is 85.6 cm³/mol. The molecule has 124 valence electrons. The van der Waals surface area contributed by atoms with Gasteiger partial charge in [-0.2, -0.15) is 13.2 Å². The van der Waals surface area contributed by atoms with Gasteiger partial charge in [0.1, 0.15) is 5.69 Å². The van der Waals surface area contributed by atoms with Crippen LogP contribution in [0.1, 0.15) is 31.4 Å². The highest BCUT2D eigenvalue weighted by atomic mass is 35.5. The summed E-state index contributed by atoms with van der Waals surface area (Å²) in [6.07, 6.45) is -0.942. The summed E-state index contributed by atoms with van der Waals surface area (Å²) in [5, 5.41) is 4.26. The van der Waals surface area contributed by atoms with Crippen LogP contribution in [0.25, 0.3) is 10.9 Å². The second kappa shape index (κ2) is 6.17. The van der Waals surface area contributed by atoms with E-state index in [0.717, 1.165) is 31.7 Å². The molecule has 23 heavy (non-hydrogen) atoms. The minimum absolute atomic E-state index is 0.0596. The van der Waals surface area contributed by atoms with Crippen LogP contribution in [-0.2, 0) is 6.18 Å². The molecule has 2 aromatic rings. The number of nitrogens with two attached hydrogens (primary N) is 1. The quantitative estimate of drug-likeness (QED) is 0.838. The van der Waals surface area contributed by atoms with Crippen molar-refractivity contribution in [2.24, 2.45) is 5.73 Å². The lowest BCUT2D eigenvalue weighted by Crippen LogP contribution is -2.35. The molecule has 7 heteroatoms. The van der Waals surface area contributed by atoms with E-state index in [-0.39, 0.29) is 17.6 Å². The number of aromatic nitrogens is 1. The summed E-state index contributed by atoms with van der Waals surface area (Å²) in [4.78, 5) is 3.71. The van der Waals surface area contributed by atoms with Crippen molar-refractivity contribution in [2.45, 2.75) is 43.9 Å². The van der Waals surface area contributed by atoms with Gasteiger partial charge in [0.25, 0.3) is 0 Å². The lowest BCUT2D eigenvalue weighted by molar-refractivity contribution is -0.140. The highest BCUT2D eigenvalue weighted by Gasteiger charge is 2.33. The SMILES string of the molecule is N[C@@H]1CCC[C@@H](Nc2cc(C(F)(F)F)nc3ccc(Cl)cc23)C1. The maximum atomic E-state index is 13.1. The molecule has 1 fully saturated rings. The van der Waals surface area contributed by atoms with Crippen molar-refractivity contribution < 1.29 is 13.2 Å². The first-order valence-electron chi connectivity index (χ1n) is 7.52. The maximum Gasteiger partial charge on any atom is 0.433 e.